The van der Waals surface area contributed by atoms with Crippen LogP contribution in [0.2, 0.25) is 0 Å². The van der Waals surface area contributed by atoms with E-state index in [2.05, 4.69) is 22.2 Å². The molecule has 29 heavy (non-hydrogen) atoms. The number of methoxy groups -OCH3 is 2. The zero-order chi connectivity index (χ0) is 20.8. The molecule has 0 atom stereocenters. The van der Waals surface area contributed by atoms with Gasteiger partial charge < -0.3 is 19.3 Å². The third-order valence-corrected chi connectivity index (χ3v) is 4.91. The predicted molar refractivity (Wildman–Crippen MR) is 114 cm³/mol. The fourth-order valence-corrected chi connectivity index (χ4v) is 3.17. The highest BCUT2D eigenvalue weighted by Gasteiger charge is 2.21. The molecule has 0 saturated carbocycles. The first-order valence-electron chi connectivity index (χ1n) is 9.62. The van der Waals surface area contributed by atoms with Crippen molar-refractivity contribution in [3.63, 3.8) is 0 Å². The van der Waals surface area contributed by atoms with Gasteiger partial charge in [-0.05, 0) is 49.9 Å². The number of carbonyl (C=O) groups is 1. The molecule has 2 aromatic rings. The minimum atomic E-state index is -0.240. The molecule has 0 radical (unpaired) electrons. The van der Waals surface area contributed by atoms with Gasteiger partial charge >= 0.3 is 0 Å². The van der Waals surface area contributed by atoms with Crippen LogP contribution in [0.1, 0.15) is 15.9 Å². The number of ether oxygens (including phenoxy) is 2. The monoisotopic (exact) mass is 396 g/mol. The van der Waals surface area contributed by atoms with Gasteiger partial charge in [0, 0.05) is 31.7 Å². The normalized spacial score (nSPS) is 15.2. The Morgan fingerprint density at radius 1 is 1.00 bits per heavy atom. The Bertz CT molecular complexity index is 889. The highest BCUT2D eigenvalue weighted by Crippen LogP contribution is 2.27. The zero-order valence-electron chi connectivity index (χ0n) is 17.4. The van der Waals surface area contributed by atoms with Crippen LogP contribution < -0.4 is 14.8 Å². The minimum Gasteiger partial charge on any atom is -0.493 e. The summed E-state index contributed by atoms with van der Waals surface area (Å²) in [5, 5.41) is 3.00. The SMILES string of the molecule is COc1ccc(C(=O)NC(=Nc2cccc(C)c2)N2CCN(C)CC2)cc1OC. The molecule has 7 heteroatoms. The lowest BCUT2D eigenvalue weighted by molar-refractivity contribution is 0.0969. The summed E-state index contributed by atoms with van der Waals surface area (Å²) in [5.74, 6) is 1.41. The molecular weight excluding hydrogens is 368 g/mol. The third-order valence-electron chi connectivity index (χ3n) is 4.91. The summed E-state index contributed by atoms with van der Waals surface area (Å²) in [6.45, 7) is 5.45. The van der Waals surface area contributed by atoms with Gasteiger partial charge in [0.15, 0.2) is 11.5 Å². The number of nitrogens with zero attached hydrogens (tertiary/aromatic N) is 3. The number of aliphatic imine (C=N–C) groups is 1. The van der Waals surface area contributed by atoms with Crippen LogP contribution in [-0.4, -0.2) is 69.1 Å². The summed E-state index contributed by atoms with van der Waals surface area (Å²) in [6, 6.07) is 13.0. The Labute approximate surface area is 171 Å². The number of amides is 1. The standard InChI is InChI=1S/C22H28N4O3/c1-16-6-5-7-18(14-16)23-22(26-12-10-25(2)11-13-26)24-21(27)17-8-9-19(28-3)20(15-17)29-4/h5-9,14-15H,10-13H2,1-4H3,(H,23,24,27). The van der Waals surface area contributed by atoms with E-state index in [1.54, 1.807) is 32.4 Å². The molecule has 0 unspecified atom stereocenters. The van der Waals surface area contributed by atoms with Gasteiger partial charge in [-0.25, -0.2) is 4.99 Å². The lowest BCUT2D eigenvalue weighted by atomic mass is 10.2. The van der Waals surface area contributed by atoms with Crippen molar-refractivity contribution in [1.29, 1.82) is 0 Å². The van der Waals surface area contributed by atoms with Gasteiger partial charge in [0.05, 0.1) is 19.9 Å². The molecular formula is C22H28N4O3. The van der Waals surface area contributed by atoms with E-state index in [4.69, 9.17) is 14.5 Å². The average molecular weight is 396 g/mol. The summed E-state index contributed by atoms with van der Waals surface area (Å²) < 4.78 is 10.6. The molecule has 1 saturated heterocycles. The van der Waals surface area contributed by atoms with Crippen molar-refractivity contribution in [2.75, 3.05) is 47.4 Å². The van der Waals surface area contributed by atoms with Crippen LogP contribution in [-0.2, 0) is 0 Å². The molecule has 0 aromatic heterocycles. The lowest BCUT2D eigenvalue weighted by Gasteiger charge is -2.34. The quantitative estimate of drug-likeness (QED) is 0.636. The molecule has 1 amide bonds. The van der Waals surface area contributed by atoms with Crippen LogP contribution >= 0.6 is 0 Å². The van der Waals surface area contributed by atoms with Crippen LogP contribution in [0.25, 0.3) is 0 Å². The van der Waals surface area contributed by atoms with E-state index in [9.17, 15) is 4.79 Å². The van der Waals surface area contributed by atoms with E-state index in [0.29, 0.717) is 23.0 Å². The molecule has 0 aliphatic carbocycles. The fourth-order valence-electron chi connectivity index (χ4n) is 3.17. The maximum absolute atomic E-state index is 13.0. The first-order valence-corrected chi connectivity index (χ1v) is 9.62. The minimum absolute atomic E-state index is 0.240. The Balaban J connectivity index is 1.87. The van der Waals surface area contributed by atoms with Crippen molar-refractivity contribution in [2.24, 2.45) is 4.99 Å². The molecule has 0 spiro atoms. The Hall–Kier alpha value is -3.06. The number of aryl methyl sites for hydroxylation is 1. The second-order valence-electron chi connectivity index (χ2n) is 7.09. The Morgan fingerprint density at radius 3 is 2.38 bits per heavy atom. The Morgan fingerprint density at radius 2 is 1.72 bits per heavy atom. The van der Waals surface area contributed by atoms with Gasteiger partial charge in [0.1, 0.15) is 0 Å². The maximum atomic E-state index is 13.0. The number of nitrogens with one attached hydrogen (secondary N) is 1. The van der Waals surface area contributed by atoms with Crippen molar-refractivity contribution in [2.45, 2.75) is 6.92 Å². The molecule has 2 aromatic carbocycles. The molecule has 154 valence electrons. The molecule has 7 nitrogen and oxygen atoms in total. The van der Waals surface area contributed by atoms with Gasteiger partial charge in [0.25, 0.3) is 5.91 Å². The van der Waals surface area contributed by atoms with Crippen LogP contribution in [0, 0.1) is 6.92 Å². The molecule has 1 N–H and O–H groups in total. The number of guanidine groups is 1. The highest BCUT2D eigenvalue weighted by molar-refractivity contribution is 6.06. The largest absolute Gasteiger partial charge is 0.493 e. The molecule has 1 heterocycles. The van der Waals surface area contributed by atoms with Gasteiger partial charge in [-0.1, -0.05) is 12.1 Å². The number of piperazine rings is 1. The van der Waals surface area contributed by atoms with E-state index in [0.717, 1.165) is 37.4 Å². The van der Waals surface area contributed by atoms with Crippen LogP contribution in [0.4, 0.5) is 5.69 Å². The number of carbonyl (C=O) groups excluding carboxylic acids is 1. The number of rotatable bonds is 4. The van der Waals surface area contributed by atoms with Gasteiger partial charge in [-0.2, -0.15) is 0 Å². The average Bonchev–Trinajstić information content (AvgIpc) is 2.73. The number of hydrogen-bond acceptors (Lipinski definition) is 5. The summed E-state index contributed by atoms with van der Waals surface area (Å²) in [5.41, 5.74) is 2.41. The molecule has 3 rings (SSSR count). The van der Waals surface area contributed by atoms with Crippen molar-refractivity contribution in [3.05, 3.63) is 53.6 Å². The van der Waals surface area contributed by atoms with Gasteiger partial charge in [-0.15, -0.1) is 0 Å². The third kappa shape index (κ3) is 5.26. The molecule has 1 aliphatic rings. The summed E-state index contributed by atoms with van der Waals surface area (Å²) in [6.07, 6.45) is 0. The smallest absolute Gasteiger partial charge is 0.258 e. The highest BCUT2D eigenvalue weighted by atomic mass is 16.5. The fraction of sp³-hybridized carbons (Fsp3) is 0.364. The molecule has 1 aliphatic heterocycles. The number of likely N-dealkylation sites (N-methyl/N-ethyl adjacent to an activating group) is 1. The van der Waals surface area contributed by atoms with Crippen molar-refractivity contribution >= 4 is 17.6 Å². The van der Waals surface area contributed by atoms with Crippen molar-refractivity contribution in [1.82, 2.24) is 15.1 Å². The Kier molecular flexibility index (Phi) is 6.72. The molecule has 0 bridgehead atoms. The zero-order valence-corrected chi connectivity index (χ0v) is 17.4. The van der Waals surface area contributed by atoms with Gasteiger partial charge in [-0.3, -0.25) is 10.1 Å². The van der Waals surface area contributed by atoms with E-state index >= 15 is 0 Å². The van der Waals surface area contributed by atoms with Gasteiger partial charge in [0.2, 0.25) is 5.96 Å². The summed E-state index contributed by atoms with van der Waals surface area (Å²) in [7, 11) is 5.21. The van der Waals surface area contributed by atoms with Crippen LogP contribution in [0.3, 0.4) is 0 Å². The van der Waals surface area contributed by atoms with Crippen LogP contribution in [0.15, 0.2) is 47.5 Å². The van der Waals surface area contributed by atoms with E-state index in [1.807, 2.05) is 31.2 Å². The summed E-state index contributed by atoms with van der Waals surface area (Å²) in [4.78, 5) is 22.1. The van der Waals surface area contributed by atoms with Crippen molar-refractivity contribution < 1.29 is 14.3 Å². The number of hydrogen-bond donors (Lipinski definition) is 1. The predicted octanol–water partition coefficient (Wildman–Crippen LogP) is 2.68. The first kappa shape index (κ1) is 20.7. The second kappa shape index (κ2) is 9.43. The topological polar surface area (TPSA) is 66.4 Å². The first-order chi connectivity index (χ1) is 14.0. The van der Waals surface area contributed by atoms with Crippen molar-refractivity contribution in [3.8, 4) is 11.5 Å². The van der Waals surface area contributed by atoms with E-state index in [-0.39, 0.29) is 5.91 Å². The molecule has 1 fully saturated rings. The van der Waals surface area contributed by atoms with E-state index < -0.39 is 0 Å². The number of benzene rings is 2. The summed E-state index contributed by atoms with van der Waals surface area (Å²) >= 11 is 0. The maximum Gasteiger partial charge on any atom is 0.258 e. The van der Waals surface area contributed by atoms with E-state index in [1.165, 1.54) is 0 Å². The lowest BCUT2D eigenvalue weighted by Crippen LogP contribution is -2.52. The van der Waals surface area contributed by atoms with Crippen LogP contribution in [0.5, 0.6) is 11.5 Å². The second-order valence-corrected chi connectivity index (χ2v) is 7.09.